The van der Waals surface area contributed by atoms with Gasteiger partial charge in [-0.2, -0.15) is 0 Å². The van der Waals surface area contributed by atoms with Crippen LogP contribution in [0.1, 0.15) is 60.8 Å². The fourth-order valence-corrected chi connectivity index (χ4v) is 6.55. The summed E-state index contributed by atoms with van der Waals surface area (Å²) >= 11 is 8.97. The van der Waals surface area contributed by atoms with Crippen molar-refractivity contribution in [1.82, 2.24) is 4.90 Å². The van der Waals surface area contributed by atoms with Crippen molar-refractivity contribution in [2.75, 3.05) is 26.2 Å². The van der Waals surface area contributed by atoms with Crippen molar-refractivity contribution >= 4 is 59.1 Å². The minimum absolute atomic E-state index is 0.0574. The summed E-state index contributed by atoms with van der Waals surface area (Å²) in [7, 11) is 0. The number of rotatable bonds is 12. The molecule has 0 spiro atoms. The largest absolute Gasteiger partial charge is 0.491 e. The van der Waals surface area contributed by atoms with E-state index >= 15 is 0 Å². The summed E-state index contributed by atoms with van der Waals surface area (Å²) in [5.41, 5.74) is 1.49. The van der Waals surface area contributed by atoms with Crippen LogP contribution >= 0.6 is 43.2 Å². The zero-order chi connectivity index (χ0) is 23.1. The van der Waals surface area contributed by atoms with E-state index in [1.54, 1.807) is 11.3 Å². The van der Waals surface area contributed by atoms with Crippen LogP contribution in [0.2, 0.25) is 0 Å². The minimum Gasteiger partial charge on any atom is -0.491 e. The fourth-order valence-electron chi connectivity index (χ4n) is 4.00. The van der Waals surface area contributed by atoms with E-state index < -0.39 is 0 Å². The lowest BCUT2D eigenvalue weighted by Crippen LogP contribution is -2.27. The number of hydrogen-bond acceptors (Lipinski definition) is 4. The van der Waals surface area contributed by atoms with Gasteiger partial charge in [-0.05, 0) is 88.8 Å². The fraction of sp³-hybridized carbons (Fsp3) is 0.423. The molecule has 1 aromatic heterocycles. The number of ketones is 1. The predicted molar refractivity (Wildman–Crippen MR) is 144 cm³/mol. The molecular formula is C26H31Br2NO2S. The molecular weight excluding hydrogens is 550 g/mol. The summed E-state index contributed by atoms with van der Waals surface area (Å²) in [6.45, 7) is 10.5. The highest BCUT2D eigenvalue weighted by Gasteiger charge is 2.21. The van der Waals surface area contributed by atoms with Gasteiger partial charge >= 0.3 is 0 Å². The molecule has 3 aromatic rings. The van der Waals surface area contributed by atoms with Gasteiger partial charge in [0.15, 0.2) is 5.78 Å². The number of carbonyl (C=O) groups excluding carboxylic acids is 1. The summed E-state index contributed by atoms with van der Waals surface area (Å²) in [4.78, 5) is 17.1. The van der Waals surface area contributed by atoms with E-state index in [4.69, 9.17) is 4.74 Å². The van der Waals surface area contributed by atoms with Gasteiger partial charge in [0, 0.05) is 32.6 Å². The molecule has 0 unspecified atom stereocenters. The molecule has 0 aliphatic carbocycles. The Kier molecular flexibility index (Phi) is 9.77. The molecule has 0 saturated carbocycles. The van der Waals surface area contributed by atoms with E-state index in [0.29, 0.717) is 12.2 Å². The molecule has 0 radical (unpaired) electrons. The van der Waals surface area contributed by atoms with E-state index in [9.17, 15) is 4.79 Å². The number of benzene rings is 2. The second-order valence-electron chi connectivity index (χ2n) is 7.89. The number of ether oxygens (including phenoxy) is 1. The maximum Gasteiger partial charge on any atom is 0.194 e. The molecule has 0 atom stereocenters. The van der Waals surface area contributed by atoms with Crippen molar-refractivity contribution in [2.24, 2.45) is 0 Å². The van der Waals surface area contributed by atoms with Gasteiger partial charge < -0.3 is 9.64 Å². The molecule has 0 fully saturated rings. The second-order valence-corrected chi connectivity index (χ2v) is 10.7. The lowest BCUT2D eigenvalue weighted by molar-refractivity contribution is 0.103. The molecule has 3 nitrogen and oxygen atoms in total. The van der Waals surface area contributed by atoms with E-state index in [2.05, 4.69) is 63.6 Å². The second kappa shape index (κ2) is 12.3. The van der Waals surface area contributed by atoms with Gasteiger partial charge in [0.05, 0.1) is 15.6 Å². The molecule has 0 N–H and O–H groups in total. The van der Waals surface area contributed by atoms with Crippen LogP contribution in [0.15, 0.2) is 45.3 Å². The summed E-state index contributed by atoms with van der Waals surface area (Å²) in [5, 5.41) is 1.04. The quantitative estimate of drug-likeness (QED) is 0.160. The van der Waals surface area contributed by atoms with Crippen LogP contribution in [0.5, 0.6) is 5.75 Å². The Balaban J connectivity index is 1.74. The average molecular weight is 581 g/mol. The molecule has 0 aliphatic rings. The lowest BCUT2D eigenvalue weighted by atomic mass is 9.99. The normalized spacial score (nSPS) is 11.4. The summed E-state index contributed by atoms with van der Waals surface area (Å²) in [6, 6.07) is 11.9. The molecule has 3 rings (SSSR count). The number of fused-ring (bicyclic) bond motifs is 1. The third-order valence-corrected chi connectivity index (χ3v) is 7.91. The molecule has 0 amide bonds. The maximum atomic E-state index is 13.5. The number of aryl methyl sites for hydroxylation is 1. The van der Waals surface area contributed by atoms with Crippen LogP contribution in [0.25, 0.3) is 10.1 Å². The molecule has 172 valence electrons. The average Bonchev–Trinajstić information content (AvgIpc) is 3.16. The van der Waals surface area contributed by atoms with Crippen molar-refractivity contribution in [2.45, 2.75) is 46.5 Å². The molecule has 0 saturated heterocycles. The van der Waals surface area contributed by atoms with Crippen LogP contribution < -0.4 is 4.74 Å². The Hall–Kier alpha value is -1.21. The molecule has 2 aromatic carbocycles. The van der Waals surface area contributed by atoms with Crippen LogP contribution in [-0.4, -0.2) is 36.9 Å². The first kappa shape index (κ1) is 25.4. The van der Waals surface area contributed by atoms with E-state index in [0.717, 1.165) is 67.7 Å². The number of nitrogens with zero attached hydrogens (tertiary/aromatic N) is 1. The summed E-state index contributed by atoms with van der Waals surface area (Å²) < 4.78 is 8.84. The first-order valence-electron chi connectivity index (χ1n) is 11.4. The van der Waals surface area contributed by atoms with Gasteiger partial charge in [-0.1, -0.05) is 39.0 Å². The van der Waals surface area contributed by atoms with Crippen molar-refractivity contribution < 1.29 is 9.53 Å². The van der Waals surface area contributed by atoms with Crippen molar-refractivity contribution in [3.63, 3.8) is 0 Å². The van der Waals surface area contributed by atoms with Crippen LogP contribution in [-0.2, 0) is 6.42 Å². The first-order valence-corrected chi connectivity index (χ1v) is 13.8. The SMILES string of the molecule is CCCN(CCC)CCCOc1c(Br)cc(C(=O)c2c(CC)sc3ccccc23)cc1Br. The van der Waals surface area contributed by atoms with Crippen molar-refractivity contribution in [1.29, 1.82) is 0 Å². The van der Waals surface area contributed by atoms with Gasteiger partial charge in [-0.15, -0.1) is 11.3 Å². The third kappa shape index (κ3) is 6.02. The highest BCUT2D eigenvalue weighted by atomic mass is 79.9. The Labute approximate surface area is 212 Å². The summed E-state index contributed by atoms with van der Waals surface area (Å²) in [6.07, 6.45) is 4.16. The summed E-state index contributed by atoms with van der Waals surface area (Å²) in [5.74, 6) is 0.812. The Morgan fingerprint density at radius 2 is 1.66 bits per heavy atom. The zero-order valence-electron chi connectivity index (χ0n) is 19.0. The zero-order valence-corrected chi connectivity index (χ0v) is 23.0. The van der Waals surface area contributed by atoms with Gasteiger partial charge in [0.25, 0.3) is 0 Å². The standard InChI is InChI=1S/C26H31Br2NO2S/c1-4-12-29(13-5-2)14-9-15-31-26-20(27)16-18(17-21(26)28)25(30)24-19-10-7-8-11-23(19)32-22(24)6-3/h7-8,10-11,16-17H,4-6,9,12-15H2,1-3H3. The Morgan fingerprint density at radius 1 is 1.00 bits per heavy atom. The predicted octanol–water partition coefficient (Wildman–Crippen LogP) is 8.11. The van der Waals surface area contributed by atoms with Crippen molar-refractivity contribution in [3.05, 3.63) is 61.3 Å². The van der Waals surface area contributed by atoms with Gasteiger partial charge in [0.2, 0.25) is 0 Å². The Bertz CT molecular complexity index is 1030. The van der Waals surface area contributed by atoms with Crippen LogP contribution in [0.3, 0.4) is 0 Å². The van der Waals surface area contributed by atoms with Gasteiger partial charge in [-0.25, -0.2) is 0 Å². The minimum atomic E-state index is 0.0574. The lowest BCUT2D eigenvalue weighted by Gasteiger charge is -2.21. The van der Waals surface area contributed by atoms with Crippen LogP contribution in [0, 0.1) is 0 Å². The third-order valence-electron chi connectivity index (χ3n) is 5.42. The van der Waals surface area contributed by atoms with Gasteiger partial charge in [-0.3, -0.25) is 4.79 Å². The number of thiophene rings is 1. The number of carbonyl (C=O) groups is 1. The smallest absolute Gasteiger partial charge is 0.194 e. The first-order chi connectivity index (χ1) is 15.5. The molecule has 1 heterocycles. The van der Waals surface area contributed by atoms with E-state index in [1.165, 1.54) is 12.8 Å². The van der Waals surface area contributed by atoms with Crippen LogP contribution in [0.4, 0.5) is 0 Å². The molecule has 6 heteroatoms. The molecule has 0 bridgehead atoms. The van der Waals surface area contributed by atoms with E-state index in [1.807, 2.05) is 30.3 Å². The van der Waals surface area contributed by atoms with Crippen molar-refractivity contribution in [3.8, 4) is 5.75 Å². The monoisotopic (exact) mass is 579 g/mol. The molecule has 32 heavy (non-hydrogen) atoms. The topological polar surface area (TPSA) is 29.5 Å². The Morgan fingerprint density at radius 3 is 2.28 bits per heavy atom. The highest BCUT2D eigenvalue weighted by Crippen LogP contribution is 2.38. The van der Waals surface area contributed by atoms with E-state index in [-0.39, 0.29) is 5.78 Å². The number of hydrogen-bond donors (Lipinski definition) is 0. The highest BCUT2D eigenvalue weighted by molar-refractivity contribution is 9.11. The number of halogens is 2. The van der Waals surface area contributed by atoms with Gasteiger partial charge in [0.1, 0.15) is 5.75 Å². The maximum absolute atomic E-state index is 13.5. The molecule has 0 aliphatic heterocycles.